The lowest BCUT2D eigenvalue weighted by Gasteiger charge is -2.17. The number of hydrogen-bond donors (Lipinski definition) is 3. The average molecular weight is 361 g/mol. The fraction of sp³-hybridized carbons (Fsp3) is 0.118. The number of rotatable bonds is 4. The van der Waals surface area contributed by atoms with Gasteiger partial charge in [-0.15, -0.1) is 0 Å². The van der Waals surface area contributed by atoms with Crippen molar-refractivity contribution in [3.05, 3.63) is 53.1 Å². The highest BCUT2D eigenvalue weighted by Crippen LogP contribution is 2.29. The zero-order chi connectivity index (χ0) is 18.1. The first-order chi connectivity index (χ1) is 11.9. The number of aromatic hydroxyl groups is 1. The number of nitrogens with zero attached hydrogens (tertiary/aromatic N) is 1. The van der Waals surface area contributed by atoms with Crippen molar-refractivity contribution in [1.29, 1.82) is 0 Å². The van der Waals surface area contributed by atoms with Crippen LogP contribution in [0.1, 0.15) is 16.8 Å². The van der Waals surface area contributed by atoms with E-state index in [-0.39, 0.29) is 17.7 Å². The third-order valence-electron chi connectivity index (χ3n) is 3.78. The van der Waals surface area contributed by atoms with Crippen LogP contribution in [-0.2, 0) is 9.59 Å². The van der Waals surface area contributed by atoms with Crippen molar-refractivity contribution >= 4 is 40.8 Å². The first kappa shape index (κ1) is 16.8. The molecule has 0 aromatic heterocycles. The number of carboxylic acid groups (broad SMARTS) is 1. The van der Waals surface area contributed by atoms with Gasteiger partial charge in [-0.2, -0.15) is 0 Å². The van der Waals surface area contributed by atoms with E-state index in [2.05, 4.69) is 5.32 Å². The summed E-state index contributed by atoms with van der Waals surface area (Å²) in [5, 5.41) is 22.1. The van der Waals surface area contributed by atoms with Crippen molar-refractivity contribution in [2.45, 2.75) is 12.5 Å². The van der Waals surface area contributed by atoms with Gasteiger partial charge in [0.15, 0.2) is 0 Å². The maximum Gasteiger partial charge on any atom is 0.339 e. The minimum Gasteiger partial charge on any atom is -0.507 e. The van der Waals surface area contributed by atoms with Gasteiger partial charge >= 0.3 is 5.97 Å². The highest BCUT2D eigenvalue weighted by molar-refractivity contribution is 6.30. The van der Waals surface area contributed by atoms with E-state index in [1.54, 1.807) is 24.3 Å². The van der Waals surface area contributed by atoms with Crippen LogP contribution in [0.15, 0.2) is 42.5 Å². The normalized spacial score (nSPS) is 17.0. The van der Waals surface area contributed by atoms with E-state index >= 15 is 0 Å². The second-order valence-corrected chi connectivity index (χ2v) is 5.92. The van der Waals surface area contributed by atoms with Crippen molar-refractivity contribution in [3.8, 4) is 5.75 Å². The smallest absolute Gasteiger partial charge is 0.339 e. The van der Waals surface area contributed by atoms with E-state index in [0.717, 1.165) is 17.0 Å². The summed E-state index contributed by atoms with van der Waals surface area (Å²) in [6.45, 7) is 0. The number of aromatic carboxylic acids is 1. The summed E-state index contributed by atoms with van der Waals surface area (Å²) in [6, 6.07) is 9.51. The molecule has 0 bridgehead atoms. The molecule has 1 saturated heterocycles. The predicted octanol–water partition coefficient (Wildman–Crippen LogP) is 2.49. The molecule has 7 nitrogen and oxygen atoms in total. The number of benzene rings is 2. The van der Waals surface area contributed by atoms with Gasteiger partial charge in [-0.25, -0.2) is 9.69 Å². The summed E-state index contributed by atoms with van der Waals surface area (Å²) in [5.41, 5.74) is 0.308. The van der Waals surface area contributed by atoms with Crippen LogP contribution >= 0.6 is 11.6 Å². The number of phenols is 1. The van der Waals surface area contributed by atoms with Gasteiger partial charge in [-0.3, -0.25) is 9.59 Å². The van der Waals surface area contributed by atoms with E-state index in [1.807, 2.05) is 0 Å². The predicted molar refractivity (Wildman–Crippen MR) is 91.0 cm³/mol. The molecular weight excluding hydrogens is 348 g/mol. The molecule has 0 spiro atoms. The molecule has 2 aromatic rings. The molecule has 0 saturated carbocycles. The lowest BCUT2D eigenvalue weighted by atomic mass is 10.1. The molecule has 25 heavy (non-hydrogen) atoms. The SMILES string of the molecule is O=C(O)c1cc(N2C(=O)CC(Nc3cccc(Cl)c3)C2=O)ccc1O. The Morgan fingerprint density at radius 3 is 2.64 bits per heavy atom. The molecule has 1 atom stereocenters. The lowest BCUT2D eigenvalue weighted by molar-refractivity contribution is -0.121. The Labute approximate surface area is 147 Å². The molecule has 2 aromatic carbocycles. The van der Waals surface area contributed by atoms with Crippen LogP contribution in [0, 0.1) is 0 Å². The van der Waals surface area contributed by atoms with Gasteiger partial charge in [0.25, 0.3) is 5.91 Å². The van der Waals surface area contributed by atoms with Gasteiger partial charge in [0, 0.05) is 10.7 Å². The van der Waals surface area contributed by atoms with Crippen LogP contribution in [0.3, 0.4) is 0 Å². The molecule has 1 heterocycles. The summed E-state index contributed by atoms with van der Waals surface area (Å²) in [5.74, 6) is -2.77. The highest BCUT2D eigenvalue weighted by Gasteiger charge is 2.40. The molecule has 2 amide bonds. The number of carboxylic acids is 1. The Balaban J connectivity index is 1.87. The summed E-state index contributed by atoms with van der Waals surface area (Å²) < 4.78 is 0. The standard InChI is InChI=1S/C17H13ClN2O5/c18-9-2-1-3-10(6-9)19-13-8-15(22)20(16(13)23)11-4-5-14(21)12(7-11)17(24)25/h1-7,13,19,21H,8H2,(H,24,25). The number of carbonyl (C=O) groups is 3. The van der Waals surface area contributed by atoms with Gasteiger partial charge in [0.05, 0.1) is 12.1 Å². The van der Waals surface area contributed by atoms with Gasteiger partial charge in [0.2, 0.25) is 5.91 Å². The van der Waals surface area contributed by atoms with E-state index in [1.165, 1.54) is 6.07 Å². The molecule has 3 N–H and O–H groups in total. The van der Waals surface area contributed by atoms with E-state index < -0.39 is 29.6 Å². The molecule has 0 aliphatic carbocycles. The number of imide groups is 1. The zero-order valence-electron chi connectivity index (χ0n) is 12.8. The Morgan fingerprint density at radius 1 is 1.20 bits per heavy atom. The van der Waals surface area contributed by atoms with Crippen LogP contribution in [0.2, 0.25) is 5.02 Å². The Hall–Kier alpha value is -3.06. The number of anilines is 2. The van der Waals surface area contributed by atoms with Crippen molar-refractivity contribution < 1.29 is 24.6 Å². The van der Waals surface area contributed by atoms with Crippen LogP contribution in [0.25, 0.3) is 0 Å². The molecule has 0 radical (unpaired) electrons. The number of nitrogens with one attached hydrogen (secondary N) is 1. The first-order valence-electron chi connectivity index (χ1n) is 7.32. The number of amides is 2. The van der Waals surface area contributed by atoms with Gasteiger partial charge < -0.3 is 15.5 Å². The average Bonchev–Trinajstić information content (AvgIpc) is 2.82. The maximum absolute atomic E-state index is 12.6. The minimum absolute atomic E-state index is 0.0748. The van der Waals surface area contributed by atoms with Crippen molar-refractivity contribution in [2.75, 3.05) is 10.2 Å². The number of carbonyl (C=O) groups excluding carboxylic acids is 2. The fourth-order valence-corrected chi connectivity index (χ4v) is 2.82. The Kier molecular flexibility index (Phi) is 4.33. The molecule has 3 rings (SSSR count). The van der Waals surface area contributed by atoms with Gasteiger partial charge in [-0.1, -0.05) is 17.7 Å². The second-order valence-electron chi connectivity index (χ2n) is 5.49. The third-order valence-corrected chi connectivity index (χ3v) is 4.02. The minimum atomic E-state index is -1.35. The summed E-state index contributed by atoms with van der Waals surface area (Å²) in [4.78, 5) is 36.8. The summed E-state index contributed by atoms with van der Waals surface area (Å²) in [6.07, 6.45) is -0.0748. The van der Waals surface area contributed by atoms with Crippen molar-refractivity contribution in [3.63, 3.8) is 0 Å². The van der Waals surface area contributed by atoms with Gasteiger partial charge in [0.1, 0.15) is 17.4 Å². The molecule has 1 unspecified atom stereocenters. The van der Waals surface area contributed by atoms with Crippen LogP contribution in [0.5, 0.6) is 5.75 Å². The zero-order valence-corrected chi connectivity index (χ0v) is 13.5. The molecule has 1 fully saturated rings. The van der Waals surface area contributed by atoms with Gasteiger partial charge in [-0.05, 0) is 36.4 Å². The van der Waals surface area contributed by atoms with Crippen molar-refractivity contribution in [2.24, 2.45) is 0 Å². The number of halogens is 1. The lowest BCUT2D eigenvalue weighted by Crippen LogP contribution is -2.34. The maximum atomic E-state index is 12.6. The highest BCUT2D eigenvalue weighted by atomic mass is 35.5. The Bertz CT molecular complexity index is 883. The van der Waals surface area contributed by atoms with E-state index in [0.29, 0.717) is 10.7 Å². The fourth-order valence-electron chi connectivity index (χ4n) is 2.63. The molecule has 1 aliphatic rings. The summed E-state index contributed by atoms with van der Waals surface area (Å²) in [7, 11) is 0. The Morgan fingerprint density at radius 2 is 1.96 bits per heavy atom. The quantitative estimate of drug-likeness (QED) is 0.723. The van der Waals surface area contributed by atoms with Crippen LogP contribution < -0.4 is 10.2 Å². The molecule has 128 valence electrons. The summed E-state index contributed by atoms with van der Waals surface area (Å²) >= 11 is 5.90. The molecule has 1 aliphatic heterocycles. The van der Waals surface area contributed by atoms with E-state index in [9.17, 15) is 19.5 Å². The first-order valence-corrected chi connectivity index (χ1v) is 7.70. The van der Waals surface area contributed by atoms with Crippen molar-refractivity contribution in [1.82, 2.24) is 0 Å². The topological polar surface area (TPSA) is 107 Å². The third kappa shape index (κ3) is 3.27. The van der Waals surface area contributed by atoms with E-state index in [4.69, 9.17) is 16.7 Å². The van der Waals surface area contributed by atoms with Crippen LogP contribution in [0.4, 0.5) is 11.4 Å². The number of hydrogen-bond acceptors (Lipinski definition) is 5. The van der Waals surface area contributed by atoms with Crippen LogP contribution in [-0.4, -0.2) is 34.0 Å². The largest absolute Gasteiger partial charge is 0.507 e. The molecule has 8 heteroatoms. The molecular formula is C17H13ClN2O5. The monoisotopic (exact) mass is 360 g/mol. The second kappa shape index (κ2) is 6.45.